The molecule has 1 aromatic heterocycles. The van der Waals surface area contributed by atoms with Crippen LogP contribution in [-0.2, 0) is 34.6 Å². The minimum absolute atomic E-state index is 0.00275. The summed E-state index contributed by atoms with van der Waals surface area (Å²) in [5, 5.41) is 19.6. The van der Waals surface area contributed by atoms with E-state index in [1.807, 2.05) is 116 Å². The second-order valence-corrected chi connectivity index (χ2v) is 18.0. The number of nitrogens with zero attached hydrogens (tertiary/aromatic N) is 5. The Labute approximate surface area is 285 Å². The zero-order chi connectivity index (χ0) is 34.1. The summed E-state index contributed by atoms with van der Waals surface area (Å²) in [5.74, 6) is -0.443. The summed E-state index contributed by atoms with van der Waals surface area (Å²) in [6.07, 6.45) is 2.45. The van der Waals surface area contributed by atoms with Gasteiger partial charge in [-0.15, -0.1) is 5.10 Å². The van der Waals surface area contributed by atoms with Gasteiger partial charge in [0, 0.05) is 53.9 Å². The highest BCUT2D eigenvalue weighted by molar-refractivity contribution is 6.71. The first-order valence-electron chi connectivity index (χ1n) is 16.9. The van der Waals surface area contributed by atoms with Crippen LogP contribution in [0.1, 0.15) is 40.5 Å². The van der Waals surface area contributed by atoms with Gasteiger partial charge in [0.15, 0.2) is 13.9 Å². The number of ether oxygens (including phenoxy) is 1. The molecule has 10 nitrogen and oxygen atoms in total. The number of hydrogen-bond donors (Lipinski definition) is 2. The molecule has 2 amide bonds. The maximum atomic E-state index is 14.8. The number of carbonyl (C=O) groups is 2. The van der Waals surface area contributed by atoms with E-state index in [0.717, 1.165) is 39.0 Å². The highest BCUT2D eigenvalue weighted by Crippen LogP contribution is 2.59. The zero-order valence-electron chi connectivity index (χ0n) is 27.8. The van der Waals surface area contributed by atoms with Gasteiger partial charge in [0.1, 0.15) is 0 Å². The van der Waals surface area contributed by atoms with E-state index < -0.39 is 13.9 Å². The Morgan fingerprint density at radius 3 is 2.43 bits per heavy atom. The van der Waals surface area contributed by atoms with Crippen molar-refractivity contribution in [2.45, 2.75) is 63.2 Å². The number of aromatic nitrogens is 3. The molecule has 4 atom stereocenters. The van der Waals surface area contributed by atoms with Crippen LogP contribution in [0.2, 0.25) is 18.6 Å². The summed E-state index contributed by atoms with van der Waals surface area (Å²) in [6.45, 7) is 6.74. The monoisotopic (exact) mass is 673 g/mol. The summed E-state index contributed by atoms with van der Waals surface area (Å²) in [5.41, 5.74) is 4.19. The molecule has 250 valence electrons. The van der Waals surface area contributed by atoms with Gasteiger partial charge >= 0.3 is 0 Å². The molecule has 0 bridgehead atoms. The normalized spacial score (nSPS) is 23.0. The number of aryl methyl sites for hydroxylation is 1. The van der Waals surface area contributed by atoms with E-state index in [-0.39, 0.29) is 36.0 Å². The molecular weight excluding hydrogens is 635 g/mol. The van der Waals surface area contributed by atoms with E-state index in [1.54, 1.807) is 9.58 Å². The van der Waals surface area contributed by atoms with Crippen LogP contribution in [0.15, 0.2) is 91.1 Å². The summed E-state index contributed by atoms with van der Waals surface area (Å²) in [7, 11) is -2.81. The lowest BCUT2D eigenvalue weighted by Gasteiger charge is -2.32. The molecule has 0 unspecified atom stereocenters. The number of anilines is 3. The van der Waals surface area contributed by atoms with Crippen molar-refractivity contribution in [1.82, 2.24) is 15.0 Å². The molecule has 49 heavy (non-hydrogen) atoms. The fourth-order valence-electron chi connectivity index (χ4n) is 8.50. The number of aliphatic hydroxyl groups is 1. The van der Waals surface area contributed by atoms with Crippen molar-refractivity contribution in [2.24, 2.45) is 5.92 Å². The van der Waals surface area contributed by atoms with Crippen molar-refractivity contribution < 1.29 is 24.2 Å². The number of benzene rings is 4. The molecule has 8 rings (SSSR count). The van der Waals surface area contributed by atoms with Gasteiger partial charge in [0.05, 0.1) is 35.3 Å². The Morgan fingerprint density at radius 1 is 0.939 bits per heavy atom. The molecule has 1 spiro atoms. The van der Waals surface area contributed by atoms with Crippen molar-refractivity contribution >= 4 is 48.0 Å². The lowest BCUT2D eigenvalue weighted by atomic mass is 9.82. The summed E-state index contributed by atoms with van der Waals surface area (Å²) >= 11 is 0. The quantitative estimate of drug-likeness (QED) is 0.193. The first-order chi connectivity index (χ1) is 23.6. The molecule has 1 saturated heterocycles. The van der Waals surface area contributed by atoms with Gasteiger partial charge < -0.3 is 19.5 Å². The smallest absolute Gasteiger partial charge is 0.264 e. The maximum absolute atomic E-state index is 14.8. The number of rotatable bonds is 9. The molecule has 3 aliphatic rings. The van der Waals surface area contributed by atoms with Crippen LogP contribution in [0.25, 0.3) is 10.8 Å². The molecule has 11 heteroatoms. The Kier molecular flexibility index (Phi) is 7.56. The minimum atomic E-state index is -2.81. The van der Waals surface area contributed by atoms with Gasteiger partial charge in [0.25, 0.3) is 11.8 Å². The van der Waals surface area contributed by atoms with E-state index >= 15 is 0 Å². The number of fused-ring (bicyclic) bond motifs is 2. The van der Waals surface area contributed by atoms with Gasteiger partial charge in [-0.25, -0.2) is 0 Å². The summed E-state index contributed by atoms with van der Waals surface area (Å²) < 4.78 is 8.68. The third-order valence-electron chi connectivity index (χ3n) is 10.6. The third kappa shape index (κ3) is 4.94. The van der Waals surface area contributed by atoms with Gasteiger partial charge in [-0.3, -0.25) is 19.2 Å². The summed E-state index contributed by atoms with van der Waals surface area (Å²) in [4.78, 5) is 43.4. The number of carbonyl (C=O) groups excluding carboxylic acids is 2. The predicted molar refractivity (Wildman–Crippen MR) is 189 cm³/mol. The van der Waals surface area contributed by atoms with Crippen LogP contribution in [-0.4, -0.2) is 57.7 Å². The van der Waals surface area contributed by atoms with E-state index in [9.17, 15) is 19.5 Å². The number of hydrogen-bond acceptors (Lipinski definition) is 7. The minimum Gasteiger partial charge on any atom is -0.432 e. The van der Waals surface area contributed by atoms with E-state index in [2.05, 4.69) is 10.3 Å². The van der Waals surface area contributed by atoms with Crippen LogP contribution in [0, 0.1) is 5.92 Å². The average Bonchev–Trinajstić information content (AvgIpc) is 3.81. The maximum Gasteiger partial charge on any atom is 0.264 e. The topological polar surface area (TPSA) is 121 Å². The number of aliphatic hydroxyl groups excluding tert-OH is 1. The largest absolute Gasteiger partial charge is 0.432 e. The Hall–Kier alpha value is -4.68. The van der Waals surface area contributed by atoms with Crippen LogP contribution in [0.3, 0.4) is 0 Å². The number of para-hydroxylation sites is 1. The first-order valence-corrected chi connectivity index (χ1v) is 19.9. The molecule has 4 heterocycles. The SMILES string of the molecule is C[C@H]1[C@H]([Si](C)(C)O)[C@@H](CCn2cc(CCO)nn2)O[C@]12C(=O)N(Cc1ccc(N3C(=O)c4cccc5cccc3c45)cc1)c1ccccc12. The van der Waals surface area contributed by atoms with Crippen LogP contribution in [0.4, 0.5) is 17.1 Å². The fourth-order valence-corrected chi connectivity index (χ4v) is 11.1. The molecule has 3 aliphatic heterocycles. The first kappa shape index (κ1) is 31.6. The van der Waals surface area contributed by atoms with Crippen molar-refractivity contribution in [2.75, 3.05) is 16.4 Å². The Bertz CT molecular complexity index is 2090. The van der Waals surface area contributed by atoms with Gasteiger partial charge in [-0.2, -0.15) is 0 Å². The molecule has 0 saturated carbocycles. The second kappa shape index (κ2) is 11.7. The Morgan fingerprint density at radius 2 is 1.67 bits per heavy atom. The molecule has 4 aromatic carbocycles. The average molecular weight is 674 g/mol. The lowest BCUT2D eigenvalue weighted by molar-refractivity contribution is -0.146. The van der Waals surface area contributed by atoms with Crippen LogP contribution in [0.5, 0.6) is 0 Å². The molecule has 5 aromatic rings. The highest BCUT2D eigenvalue weighted by Gasteiger charge is 2.66. The highest BCUT2D eigenvalue weighted by atomic mass is 28.4. The van der Waals surface area contributed by atoms with Crippen LogP contribution < -0.4 is 9.80 Å². The number of amides is 2. The second-order valence-electron chi connectivity index (χ2n) is 14.0. The van der Waals surface area contributed by atoms with Crippen LogP contribution >= 0.6 is 0 Å². The molecular formula is C38H39N5O5Si. The molecule has 0 radical (unpaired) electrons. The predicted octanol–water partition coefficient (Wildman–Crippen LogP) is 5.69. The van der Waals surface area contributed by atoms with E-state index in [1.165, 1.54) is 0 Å². The van der Waals surface area contributed by atoms with Gasteiger partial charge in [-0.1, -0.05) is 66.7 Å². The van der Waals surface area contributed by atoms with Crippen molar-refractivity contribution in [3.8, 4) is 0 Å². The van der Waals surface area contributed by atoms with Crippen molar-refractivity contribution in [1.29, 1.82) is 0 Å². The lowest BCUT2D eigenvalue weighted by Crippen LogP contribution is -2.46. The van der Waals surface area contributed by atoms with Gasteiger partial charge in [-0.05, 0) is 60.8 Å². The zero-order valence-corrected chi connectivity index (χ0v) is 28.8. The van der Waals surface area contributed by atoms with Crippen molar-refractivity contribution in [3.63, 3.8) is 0 Å². The third-order valence-corrected chi connectivity index (χ3v) is 13.1. The summed E-state index contributed by atoms with van der Waals surface area (Å²) in [6, 6.07) is 27.4. The molecule has 2 N–H and O–H groups in total. The van der Waals surface area contributed by atoms with E-state index in [4.69, 9.17) is 4.74 Å². The van der Waals surface area contributed by atoms with E-state index in [0.29, 0.717) is 37.2 Å². The Balaban J connectivity index is 1.07. The van der Waals surface area contributed by atoms with Crippen molar-refractivity contribution in [3.05, 3.63) is 114 Å². The molecule has 1 fully saturated rings. The fraction of sp³-hybridized carbons (Fsp3) is 0.316. The standard InChI is InChI=1S/C38H39N5O5Si/c1-24-35(49(2,3)47)33(18-20-41-23-27(19-21-44)39-40-41)48-38(24)30-11-4-5-12-31(30)42(37(38)46)22-25-14-16-28(17-15-25)43-32-13-7-9-26-8-6-10-29(34(26)32)36(43)45/h4-17,23-24,33,35,44,47H,18-22H2,1-3H3/t24-,33+,35-,38+/m0/s1. The molecule has 0 aliphatic carbocycles. The van der Waals surface area contributed by atoms with Gasteiger partial charge in [0.2, 0.25) is 0 Å².